The molecule has 30 heavy (non-hydrogen) atoms. The molecule has 0 radical (unpaired) electrons. The Morgan fingerprint density at radius 2 is 2.23 bits per heavy atom. The van der Waals surface area contributed by atoms with Crippen LogP contribution in [-0.4, -0.2) is 50.6 Å². The number of ether oxygens (including phenoxy) is 2. The predicted molar refractivity (Wildman–Crippen MR) is 103 cm³/mol. The van der Waals surface area contributed by atoms with Crippen molar-refractivity contribution in [3.8, 4) is 0 Å². The van der Waals surface area contributed by atoms with Gasteiger partial charge in [-0.1, -0.05) is 37.7 Å². The van der Waals surface area contributed by atoms with Gasteiger partial charge in [-0.05, 0) is 18.0 Å². The molecular weight excluding hydrogens is 399 g/mol. The van der Waals surface area contributed by atoms with Gasteiger partial charge in [0.1, 0.15) is 11.9 Å². The molecule has 1 aromatic heterocycles. The van der Waals surface area contributed by atoms with Gasteiger partial charge in [-0.25, -0.2) is 9.18 Å². The molecule has 164 valence electrons. The molecular formula is C18H25FN6O5. The van der Waals surface area contributed by atoms with Crippen LogP contribution in [0.3, 0.4) is 0 Å². The van der Waals surface area contributed by atoms with Crippen molar-refractivity contribution in [1.29, 1.82) is 0 Å². The van der Waals surface area contributed by atoms with Crippen LogP contribution in [0.4, 0.5) is 10.2 Å². The van der Waals surface area contributed by atoms with E-state index in [2.05, 4.69) is 21.9 Å². The number of nitrogen functional groups attached to an aromatic ring is 1. The van der Waals surface area contributed by atoms with Crippen LogP contribution >= 0.6 is 0 Å². The summed E-state index contributed by atoms with van der Waals surface area (Å²) in [4.78, 5) is 30.6. The van der Waals surface area contributed by atoms with Gasteiger partial charge >= 0.3 is 11.7 Å². The van der Waals surface area contributed by atoms with E-state index in [1.165, 1.54) is 12.3 Å². The van der Waals surface area contributed by atoms with Gasteiger partial charge in [0.05, 0.1) is 6.54 Å². The zero-order valence-electron chi connectivity index (χ0n) is 16.6. The number of hydrogen-bond acceptors (Lipinski definition) is 8. The van der Waals surface area contributed by atoms with E-state index in [9.17, 15) is 14.7 Å². The average Bonchev–Trinajstić information content (AvgIpc) is 3.08. The standard InChI is InChI=1S/C18H25FN6O5/c1-2-3-4-5-6-7-12(26)29-18-13(19)14(25-9-8-11(20)23-16(25)28)30-17(18,15(18)27)10-22-24-21/h8-9,13-15,27H,2-7,10H2,1H3,(H2,20,23,28)/t13-,14+,15?,17+,18+/m0/s1. The first-order valence-electron chi connectivity index (χ1n) is 9.91. The lowest BCUT2D eigenvalue weighted by molar-refractivity contribution is -0.159. The molecule has 2 aliphatic rings. The quantitative estimate of drug-likeness (QED) is 0.190. The molecule has 2 fully saturated rings. The summed E-state index contributed by atoms with van der Waals surface area (Å²) in [6.45, 7) is 1.60. The zero-order valence-corrected chi connectivity index (χ0v) is 16.6. The molecule has 12 heteroatoms. The highest BCUT2D eigenvalue weighted by atomic mass is 19.1. The summed E-state index contributed by atoms with van der Waals surface area (Å²) in [6, 6.07) is 1.28. The molecule has 1 saturated heterocycles. The molecule has 5 atom stereocenters. The lowest BCUT2D eigenvalue weighted by Crippen LogP contribution is -2.40. The Morgan fingerprint density at radius 3 is 2.90 bits per heavy atom. The van der Waals surface area contributed by atoms with E-state index in [1.807, 2.05) is 0 Å². The highest BCUT2D eigenvalue weighted by molar-refractivity contribution is 5.71. The van der Waals surface area contributed by atoms with Gasteiger partial charge < -0.3 is 20.3 Å². The van der Waals surface area contributed by atoms with Gasteiger partial charge in [0.25, 0.3) is 0 Å². The normalized spacial score (nSPS) is 31.6. The number of anilines is 1. The third-order valence-electron chi connectivity index (χ3n) is 5.68. The Kier molecular flexibility index (Phi) is 6.30. The molecule has 1 unspecified atom stereocenters. The van der Waals surface area contributed by atoms with Crippen LogP contribution in [0.1, 0.15) is 51.7 Å². The topological polar surface area (TPSA) is 165 Å². The lowest BCUT2D eigenvalue weighted by Gasteiger charge is -2.23. The average molecular weight is 424 g/mol. The van der Waals surface area contributed by atoms with E-state index >= 15 is 4.39 Å². The summed E-state index contributed by atoms with van der Waals surface area (Å²) in [5.41, 5.74) is 9.41. The number of carbonyl (C=O) groups is 1. The van der Waals surface area contributed by atoms with Gasteiger partial charge in [-0.15, -0.1) is 0 Å². The number of unbranched alkanes of at least 4 members (excludes halogenated alkanes) is 4. The number of nitrogens with two attached hydrogens (primary N) is 1. The predicted octanol–water partition coefficient (Wildman–Crippen LogP) is 1.76. The summed E-state index contributed by atoms with van der Waals surface area (Å²) in [5.74, 6) is -0.745. The zero-order chi connectivity index (χ0) is 21.9. The van der Waals surface area contributed by atoms with Crippen molar-refractivity contribution in [3.63, 3.8) is 0 Å². The first-order chi connectivity index (χ1) is 14.3. The van der Waals surface area contributed by atoms with E-state index in [0.717, 1.165) is 30.3 Å². The number of rotatable bonds is 10. The number of alkyl halides is 1. The highest BCUT2D eigenvalue weighted by Gasteiger charge is 2.91. The van der Waals surface area contributed by atoms with Crippen LogP contribution < -0.4 is 11.4 Å². The minimum atomic E-state index is -2.09. The van der Waals surface area contributed by atoms with Crippen molar-refractivity contribution in [2.24, 2.45) is 5.11 Å². The molecule has 11 nitrogen and oxygen atoms in total. The van der Waals surface area contributed by atoms with Crippen molar-refractivity contribution < 1.29 is 23.8 Å². The second-order valence-electron chi connectivity index (χ2n) is 7.56. The molecule has 1 saturated carbocycles. The Morgan fingerprint density at radius 1 is 1.50 bits per heavy atom. The first kappa shape index (κ1) is 22.0. The maximum Gasteiger partial charge on any atom is 0.351 e. The monoisotopic (exact) mass is 424 g/mol. The molecule has 3 N–H and O–H groups in total. The van der Waals surface area contributed by atoms with E-state index in [4.69, 9.17) is 20.7 Å². The molecule has 0 bridgehead atoms. The number of nitrogens with zero attached hydrogens (tertiary/aromatic N) is 5. The number of fused-ring (bicyclic) bond motifs is 1. The van der Waals surface area contributed by atoms with E-state index < -0.39 is 47.9 Å². The number of halogens is 1. The second kappa shape index (κ2) is 8.58. The summed E-state index contributed by atoms with van der Waals surface area (Å²) < 4.78 is 27.4. The van der Waals surface area contributed by atoms with Crippen molar-refractivity contribution in [2.45, 2.75) is 75.2 Å². The molecule has 1 aromatic rings. The number of carbonyl (C=O) groups excluding carboxylic acids is 1. The fourth-order valence-electron chi connectivity index (χ4n) is 4.02. The smallest absolute Gasteiger partial charge is 0.351 e. The van der Waals surface area contributed by atoms with E-state index in [1.54, 1.807) is 0 Å². The summed E-state index contributed by atoms with van der Waals surface area (Å²) in [5, 5.41) is 13.8. The molecule has 3 rings (SSSR count). The summed E-state index contributed by atoms with van der Waals surface area (Å²) >= 11 is 0. The largest absolute Gasteiger partial charge is 0.450 e. The van der Waals surface area contributed by atoms with Gasteiger partial charge in [0, 0.05) is 17.5 Å². The Balaban J connectivity index is 1.80. The van der Waals surface area contributed by atoms with Crippen molar-refractivity contribution in [3.05, 3.63) is 33.2 Å². The minimum Gasteiger partial charge on any atom is -0.450 e. The molecule has 2 heterocycles. The number of aliphatic hydroxyl groups excluding tert-OH is 1. The third-order valence-corrected chi connectivity index (χ3v) is 5.68. The fraction of sp³-hybridized carbons (Fsp3) is 0.722. The minimum absolute atomic E-state index is 0.0521. The maximum atomic E-state index is 15.5. The molecule has 1 aliphatic heterocycles. The van der Waals surface area contributed by atoms with E-state index in [0.29, 0.717) is 6.42 Å². The van der Waals surface area contributed by atoms with Gasteiger partial charge in [0.15, 0.2) is 18.0 Å². The van der Waals surface area contributed by atoms with Gasteiger partial charge in [-0.2, -0.15) is 4.98 Å². The fourth-order valence-corrected chi connectivity index (χ4v) is 4.02. The molecule has 1 aliphatic carbocycles. The first-order valence-corrected chi connectivity index (χ1v) is 9.91. The Bertz CT molecular complexity index is 905. The Labute approximate surface area is 171 Å². The van der Waals surface area contributed by atoms with Crippen LogP contribution in [0.2, 0.25) is 0 Å². The van der Waals surface area contributed by atoms with Crippen LogP contribution in [0.5, 0.6) is 0 Å². The van der Waals surface area contributed by atoms with Gasteiger partial charge in [-0.3, -0.25) is 9.36 Å². The van der Waals surface area contributed by atoms with Crippen LogP contribution in [0.15, 0.2) is 22.2 Å². The molecule has 0 amide bonds. The third kappa shape index (κ3) is 3.51. The highest BCUT2D eigenvalue weighted by Crippen LogP contribution is 2.65. The van der Waals surface area contributed by atoms with Crippen molar-refractivity contribution >= 4 is 11.8 Å². The van der Waals surface area contributed by atoms with Crippen LogP contribution in [0.25, 0.3) is 10.4 Å². The Hall–Kier alpha value is -2.69. The van der Waals surface area contributed by atoms with E-state index in [-0.39, 0.29) is 12.2 Å². The van der Waals surface area contributed by atoms with Crippen molar-refractivity contribution in [1.82, 2.24) is 9.55 Å². The van der Waals surface area contributed by atoms with Crippen LogP contribution in [0, 0.1) is 0 Å². The lowest BCUT2D eigenvalue weighted by atomic mass is 10.1. The number of hydrogen-bond donors (Lipinski definition) is 2. The van der Waals surface area contributed by atoms with Crippen LogP contribution in [-0.2, 0) is 14.3 Å². The molecule has 0 aromatic carbocycles. The number of aliphatic hydroxyl groups is 1. The number of aromatic nitrogens is 2. The maximum absolute atomic E-state index is 15.5. The molecule has 0 spiro atoms. The number of azide groups is 1. The summed E-state index contributed by atoms with van der Waals surface area (Å²) in [6.07, 6.45) is 0.576. The second-order valence-corrected chi connectivity index (χ2v) is 7.56. The summed E-state index contributed by atoms with van der Waals surface area (Å²) in [7, 11) is 0. The van der Waals surface area contributed by atoms with Gasteiger partial charge in [0.2, 0.25) is 5.60 Å². The number of esters is 1. The van der Waals surface area contributed by atoms with Crippen molar-refractivity contribution in [2.75, 3.05) is 12.3 Å². The SMILES string of the molecule is CCCCCCCC(=O)O[C@]12C(O)[C@@]1(CN=[N+]=[N-])O[C@@H](n1ccc(N)nc1=O)[C@@H]2F.